The van der Waals surface area contributed by atoms with E-state index in [1.54, 1.807) is 18.6 Å². The van der Waals surface area contributed by atoms with E-state index in [2.05, 4.69) is 21.9 Å². The van der Waals surface area contributed by atoms with Gasteiger partial charge < -0.3 is 9.47 Å². The zero-order chi connectivity index (χ0) is 19.9. The molecule has 0 atom stereocenters. The molecule has 2 aromatic heterocycles. The summed E-state index contributed by atoms with van der Waals surface area (Å²) in [7, 11) is 0. The first kappa shape index (κ1) is 22.1. The summed E-state index contributed by atoms with van der Waals surface area (Å²) in [6.45, 7) is 5.53. The Labute approximate surface area is 169 Å². The molecular weight excluding hydrogens is 350 g/mol. The number of aromatic nitrogens is 3. The standard InChI is InChI=1S/C23H35N3O2/c1-3-5-6-7-8-9-10-11-12-13-16-28-21-18-25-23(26-19-21)20-14-15-22(24-17-20)27-4-2/h14-15,17-19H,3-13,16H2,1-2H3. The predicted molar refractivity (Wildman–Crippen MR) is 114 cm³/mol. The minimum atomic E-state index is 0.605. The maximum atomic E-state index is 5.76. The Balaban J connectivity index is 1.57. The van der Waals surface area contributed by atoms with Gasteiger partial charge in [0.25, 0.3) is 0 Å². The average molecular weight is 386 g/mol. The largest absolute Gasteiger partial charge is 0.490 e. The number of hydrogen-bond donors (Lipinski definition) is 0. The minimum absolute atomic E-state index is 0.605. The van der Waals surface area contributed by atoms with E-state index >= 15 is 0 Å². The summed E-state index contributed by atoms with van der Waals surface area (Å²) in [4.78, 5) is 13.0. The molecule has 0 amide bonds. The SMILES string of the molecule is CCCCCCCCCCCCOc1cnc(-c2ccc(OCC)nc2)nc1. The second kappa shape index (κ2) is 13.9. The number of hydrogen-bond acceptors (Lipinski definition) is 5. The van der Waals surface area contributed by atoms with Gasteiger partial charge in [0.2, 0.25) is 5.88 Å². The quantitative estimate of drug-likeness (QED) is 0.340. The molecule has 0 saturated carbocycles. The fourth-order valence-corrected chi connectivity index (χ4v) is 3.07. The maximum absolute atomic E-state index is 5.76. The van der Waals surface area contributed by atoms with Gasteiger partial charge in [-0.2, -0.15) is 0 Å². The highest BCUT2D eigenvalue weighted by atomic mass is 16.5. The summed E-state index contributed by atoms with van der Waals surface area (Å²) >= 11 is 0. The molecule has 0 bridgehead atoms. The first-order valence-corrected chi connectivity index (χ1v) is 10.9. The van der Waals surface area contributed by atoms with Gasteiger partial charge >= 0.3 is 0 Å². The molecule has 0 fully saturated rings. The van der Waals surface area contributed by atoms with Crippen molar-refractivity contribution in [2.24, 2.45) is 0 Å². The fourth-order valence-electron chi connectivity index (χ4n) is 3.07. The van der Waals surface area contributed by atoms with Crippen molar-refractivity contribution < 1.29 is 9.47 Å². The molecule has 154 valence electrons. The van der Waals surface area contributed by atoms with Crippen LogP contribution >= 0.6 is 0 Å². The van der Waals surface area contributed by atoms with E-state index in [0.717, 1.165) is 24.3 Å². The molecule has 2 heterocycles. The van der Waals surface area contributed by atoms with E-state index in [1.807, 2.05) is 19.1 Å². The molecule has 28 heavy (non-hydrogen) atoms. The van der Waals surface area contributed by atoms with E-state index in [9.17, 15) is 0 Å². The Kier molecular flexibility index (Phi) is 11.0. The molecule has 0 saturated heterocycles. The van der Waals surface area contributed by atoms with Crippen LogP contribution in [0.5, 0.6) is 11.6 Å². The molecule has 2 aromatic rings. The Bertz CT molecular complexity index is 629. The minimum Gasteiger partial charge on any atom is -0.490 e. The lowest BCUT2D eigenvalue weighted by Gasteiger charge is -2.07. The maximum Gasteiger partial charge on any atom is 0.213 e. The normalized spacial score (nSPS) is 10.8. The van der Waals surface area contributed by atoms with Gasteiger partial charge in [-0.1, -0.05) is 64.7 Å². The lowest BCUT2D eigenvalue weighted by atomic mass is 10.1. The summed E-state index contributed by atoms with van der Waals surface area (Å²) in [5.74, 6) is 1.98. The van der Waals surface area contributed by atoms with E-state index in [4.69, 9.17) is 9.47 Å². The first-order valence-electron chi connectivity index (χ1n) is 10.9. The molecule has 0 aliphatic rings. The van der Waals surface area contributed by atoms with Crippen molar-refractivity contribution in [1.29, 1.82) is 0 Å². The first-order chi connectivity index (χ1) is 13.8. The van der Waals surface area contributed by atoms with Crippen molar-refractivity contribution in [2.45, 2.75) is 78.1 Å². The topological polar surface area (TPSA) is 57.1 Å². The zero-order valence-corrected chi connectivity index (χ0v) is 17.5. The van der Waals surface area contributed by atoms with Crippen LogP contribution in [-0.2, 0) is 0 Å². The second-order valence-electron chi connectivity index (χ2n) is 7.09. The predicted octanol–water partition coefficient (Wildman–Crippen LogP) is 6.24. The molecule has 0 aliphatic carbocycles. The molecule has 0 N–H and O–H groups in total. The zero-order valence-electron chi connectivity index (χ0n) is 17.5. The molecule has 0 spiro atoms. The van der Waals surface area contributed by atoms with Crippen LogP contribution in [0.1, 0.15) is 78.1 Å². The fraction of sp³-hybridized carbons (Fsp3) is 0.609. The Morgan fingerprint density at radius 1 is 0.679 bits per heavy atom. The van der Waals surface area contributed by atoms with Crippen molar-refractivity contribution in [3.8, 4) is 23.0 Å². The highest BCUT2D eigenvalue weighted by Crippen LogP contribution is 2.18. The van der Waals surface area contributed by atoms with Crippen LogP contribution in [-0.4, -0.2) is 28.2 Å². The summed E-state index contributed by atoms with van der Waals surface area (Å²) in [5.41, 5.74) is 0.865. The van der Waals surface area contributed by atoms with Gasteiger partial charge in [0.15, 0.2) is 11.6 Å². The average Bonchev–Trinajstić information content (AvgIpc) is 2.73. The van der Waals surface area contributed by atoms with Crippen LogP contribution in [0.25, 0.3) is 11.4 Å². The van der Waals surface area contributed by atoms with Crippen LogP contribution in [0.2, 0.25) is 0 Å². The van der Waals surface area contributed by atoms with Gasteiger partial charge in [0.1, 0.15) is 0 Å². The van der Waals surface area contributed by atoms with Gasteiger partial charge in [-0.3, -0.25) is 0 Å². The number of pyridine rings is 1. The van der Waals surface area contributed by atoms with E-state index in [0.29, 0.717) is 18.3 Å². The van der Waals surface area contributed by atoms with Gasteiger partial charge in [-0.25, -0.2) is 15.0 Å². The molecule has 5 heteroatoms. The van der Waals surface area contributed by atoms with Crippen LogP contribution in [0, 0.1) is 0 Å². The van der Waals surface area contributed by atoms with Crippen LogP contribution in [0.15, 0.2) is 30.7 Å². The highest BCUT2D eigenvalue weighted by Gasteiger charge is 2.04. The Morgan fingerprint density at radius 3 is 1.89 bits per heavy atom. The van der Waals surface area contributed by atoms with E-state index < -0.39 is 0 Å². The van der Waals surface area contributed by atoms with Crippen molar-refractivity contribution in [2.75, 3.05) is 13.2 Å². The summed E-state index contributed by atoms with van der Waals surface area (Å²) in [6.07, 6.45) is 18.4. The molecule has 2 rings (SSSR count). The Hall–Kier alpha value is -2.17. The monoisotopic (exact) mass is 385 g/mol. The van der Waals surface area contributed by atoms with E-state index in [1.165, 1.54) is 57.8 Å². The molecule has 0 unspecified atom stereocenters. The lowest BCUT2D eigenvalue weighted by molar-refractivity contribution is 0.302. The van der Waals surface area contributed by atoms with Gasteiger partial charge in [0, 0.05) is 17.8 Å². The third-order valence-corrected chi connectivity index (χ3v) is 4.68. The van der Waals surface area contributed by atoms with Crippen molar-refractivity contribution in [3.05, 3.63) is 30.7 Å². The molecule has 0 aromatic carbocycles. The number of rotatable bonds is 15. The highest BCUT2D eigenvalue weighted by molar-refractivity contribution is 5.53. The smallest absolute Gasteiger partial charge is 0.213 e. The van der Waals surface area contributed by atoms with Gasteiger partial charge in [0.05, 0.1) is 25.6 Å². The third-order valence-electron chi connectivity index (χ3n) is 4.68. The van der Waals surface area contributed by atoms with Gasteiger partial charge in [-0.15, -0.1) is 0 Å². The number of unbranched alkanes of at least 4 members (excludes halogenated alkanes) is 9. The van der Waals surface area contributed by atoms with Crippen LogP contribution in [0.4, 0.5) is 0 Å². The molecule has 0 aliphatic heterocycles. The van der Waals surface area contributed by atoms with E-state index in [-0.39, 0.29) is 0 Å². The second-order valence-corrected chi connectivity index (χ2v) is 7.09. The molecular formula is C23H35N3O2. The Morgan fingerprint density at radius 2 is 1.32 bits per heavy atom. The van der Waals surface area contributed by atoms with Gasteiger partial charge in [-0.05, 0) is 19.4 Å². The molecule has 5 nitrogen and oxygen atoms in total. The van der Waals surface area contributed by atoms with Crippen molar-refractivity contribution >= 4 is 0 Å². The summed E-state index contributed by atoms with van der Waals surface area (Å²) in [5, 5.41) is 0. The lowest BCUT2D eigenvalue weighted by Crippen LogP contribution is -1.99. The molecule has 0 radical (unpaired) electrons. The summed E-state index contributed by atoms with van der Waals surface area (Å²) in [6, 6.07) is 3.75. The van der Waals surface area contributed by atoms with Crippen LogP contribution < -0.4 is 9.47 Å². The van der Waals surface area contributed by atoms with Crippen molar-refractivity contribution in [3.63, 3.8) is 0 Å². The van der Waals surface area contributed by atoms with Crippen molar-refractivity contribution in [1.82, 2.24) is 15.0 Å². The number of nitrogens with zero attached hydrogens (tertiary/aromatic N) is 3. The van der Waals surface area contributed by atoms with Crippen LogP contribution in [0.3, 0.4) is 0 Å². The number of ether oxygens (including phenoxy) is 2. The summed E-state index contributed by atoms with van der Waals surface area (Å²) < 4.78 is 11.1. The third kappa shape index (κ3) is 8.68.